The predicted octanol–water partition coefficient (Wildman–Crippen LogP) is 21.8. The summed E-state index contributed by atoms with van der Waals surface area (Å²) in [6, 6.07) is 35.4. The van der Waals surface area contributed by atoms with Crippen molar-refractivity contribution in [2.75, 3.05) is 0 Å². The summed E-state index contributed by atoms with van der Waals surface area (Å²) in [6.07, 6.45) is 4.97. The SMILES string of the molecule is [2H]c1c([2H])c([2H])c(-c2cc(-c3cc(C(C)(C)C)cc(C(C)(C)C)c3)c(-[n+]3[c-]n(-c4cccc(Oc5ccc6c7ccccc7n(-c7cc(C([2H])([2H])[2H])c(-c8c([2H])c([2H])c([2H])c([2H])c8[2H])cn7)c6c5)c4)c4cc(-c5cc(C(C)(C)C)cc(C(C)(C)C)c5)ccc43)c(-c3c([2H])c([2H])c([2H])c([2H])c3[2H])c2)c([2H])c1[2H]. The number of fused-ring (bicyclic) bond motifs is 4. The molecule has 0 bridgehead atoms. The van der Waals surface area contributed by atoms with Gasteiger partial charge < -0.3 is 4.74 Å². The molecule has 3 heterocycles. The van der Waals surface area contributed by atoms with Crippen LogP contribution in [0.4, 0.5) is 0 Å². The van der Waals surface area contributed by atoms with Crippen LogP contribution in [0.1, 0.15) is 136 Å². The summed E-state index contributed by atoms with van der Waals surface area (Å²) in [7, 11) is 0. The molecule has 5 nitrogen and oxygen atoms in total. The van der Waals surface area contributed by atoms with Crippen molar-refractivity contribution in [1.29, 1.82) is 0 Å². The minimum atomic E-state index is -2.84. The van der Waals surface area contributed by atoms with Crippen LogP contribution in [0.3, 0.4) is 0 Å². The monoisotopic (exact) mass is 1160 g/mol. The minimum absolute atomic E-state index is 0.0755. The summed E-state index contributed by atoms with van der Waals surface area (Å²) < 4.78 is 173. The largest absolute Gasteiger partial charge is 0.458 e. The number of aryl methyl sites for hydroxylation is 1. The molecule has 13 aromatic rings. The Bertz CT molecular complexity index is 5710. The summed E-state index contributed by atoms with van der Waals surface area (Å²) in [5.41, 5.74) is 7.88. The molecule has 0 N–H and O–H groups in total. The van der Waals surface area contributed by atoms with Gasteiger partial charge in [0.1, 0.15) is 17.3 Å². The molecule has 5 heteroatoms. The van der Waals surface area contributed by atoms with Crippen molar-refractivity contribution in [3.8, 4) is 84.3 Å². The first-order valence-electron chi connectivity index (χ1n) is 38.5. The third-order valence-electron chi connectivity index (χ3n) is 16.4. The third kappa shape index (κ3) is 11.0. The normalized spacial score (nSPS) is 15.4. The van der Waals surface area contributed by atoms with Crippen molar-refractivity contribution >= 4 is 32.8 Å². The molecule has 0 fully saturated rings. The lowest BCUT2D eigenvalue weighted by atomic mass is 9.78. The predicted molar refractivity (Wildman–Crippen MR) is 369 cm³/mol. The number of pyridine rings is 1. The number of ether oxygens (including phenoxy) is 1. The van der Waals surface area contributed by atoms with Crippen LogP contribution < -0.4 is 9.30 Å². The smallest absolute Gasteiger partial charge is 0.269 e. The van der Waals surface area contributed by atoms with Gasteiger partial charge in [-0.15, -0.1) is 0 Å². The molecular formula is C83H78N4O. The highest BCUT2D eigenvalue weighted by Crippen LogP contribution is 2.44. The van der Waals surface area contributed by atoms with Crippen LogP contribution in [0.15, 0.2) is 236 Å². The van der Waals surface area contributed by atoms with Gasteiger partial charge in [0.2, 0.25) is 0 Å². The lowest BCUT2D eigenvalue weighted by Crippen LogP contribution is -2.31. The van der Waals surface area contributed by atoms with Crippen LogP contribution >= 0.6 is 0 Å². The Labute approximate surface area is 545 Å². The van der Waals surface area contributed by atoms with Gasteiger partial charge in [0.25, 0.3) is 6.33 Å². The molecule has 0 aliphatic carbocycles. The summed E-state index contributed by atoms with van der Waals surface area (Å²) in [5, 5.41) is 1.57. The summed E-state index contributed by atoms with van der Waals surface area (Å²) in [6.45, 7) is 22.8. The summed E-state index contributed by atoms with van der Waals surface area (Å²) in [5.74, 6) is 0.910. The first kappa shape index (κ1) is 40.0. The van der Waals surface area contributed by atoms with Gasteiger partial charge in [-0.3, -0.25) is 13.7 Å². The Morgan fingerprint density at radius 3 is 1.57 bits per heavy atom. The number of rotatable bonds is 10. The van der Waals surface area contributed by atoms with Crippen LogP contribution in [0.2, 0.25) is 0 Å². The number of imidazole rings is 1. The molecule has 0 radical (unpaired) electrons. The van der Waals surface area contributed by atoms with Gasteiger partial charge in [0, 0.05) is 32.7 Å². The Kier molecular flexibility index (Phi) is 9.99. The van der Waals surface area contributed by atoms with Crippen LogP contribution in [0.25, 0.3) is 106 Å². The minimum Gasteiger partial charge on any atom is -0.458 e. The van der Waals surface area contributed by atoms with E-state index in [1.165, 1.54) is 12.3 Å². The van der Waals surface area contributed by atoms with Gasteiger partial charge in [-0.2, -0.15) is 0 Å². The van der Waals surface area contributed by atoms with E-state index in [2.05, 4.69) is 120 Å². The van der Waals surface area contributed by atoms with Crippen LogP contribution in [0.5, 0.6) is 11.5 Å². The summed E-state index contributed by atoms with van der Waals surface area (Å²) in [4.78, 5) is 4.77. The van der Waals surface area contributed by atoms with E-state index in [4.69, 9.17) is 26.2 Å². The average molecular weight is 1170 g/mol. The second-order valence-electron chi connectivity index (χ2n) is 26.7. The Morgan fingerprint density at radius 2 is 0.966 bits per heavy atom. The molecule has 0 saturated heterocycles. The standard InChI is InChI=1S/C83H78N4O/c1-54-40-78(84-52-73(54)57-30-21-16-22-31-57)87-74-35-24-23-34-69(74)70-38-37-68(51-76(70)87)88-67-33-25-32-66(50-67)85-53-86(75-39-36-58(47-77(75)85)59-41-62(80(2,3)4)48-63(42-59)81(5,6)7)79-71(56-28-19-15-20-29-56)45-60(55-26-17-14-18-27-55)46-72(79)61-43-64(82(8,9)10)49-65(44-61)83(11,12)13/h14-52H,1-13H3/i1D3,14D,15D,16D,17D,18D,19D,20D,21D,22D,26D,27D,28D,29D,30D,31D. The molecule has 0 unspecified atom stereocenters. The maximum atomic E-state index is 9.76. The molecule has 436 valence electrons. The van der Waals surface area contributed by atoms with Gasteiger partial charge >= 0.3 is 0 Å². The second kappa shape index (κ2) is 22.0. The average Bonchev–Trinajstić information content (AvgIpc) is 1.62. The molecule has 0 atom stereocenters. The second-order valence-corrected chi connectivity index (χ2v) is 26.7. The number of aromatic nitrogens is 4. The highest BCUT2D eigenvalue weighted by atomic mass is 16.5. The number of para-hydroxylation sites is 1. The maximum absolute atomic E-state index is 9.76. The molecule has 13 rings (SSSR count). The third-order valence-corrected chi connectivity index (χ3v) is 16.4. The van der Waals surface area contributed by atoms with Crippen LogP contribution in [-0.2, 0) is 21.7 Å². The number of benzene rings is 10. The van der Waals surface area contributed by atoms with Crippen molar-refractivity contribution < 1.29 is 34.0 Å². The van der Waals surface area contributed by atoms with Gasteiger partial charge in [-0.25, -0.2) is 4.98 Å². The maximum Gasteiger partial charge on any atom is 0.269 e. The van der Waals surface area contributed by atoms with E-state index in [-0.39, 0.29) is 55.6 Å². The highest BCUT2D eigenvalue weighted by Gasteiger charge is 2.28. The molecule has 0 aliphatic rings. The van der Waals surface area contributed by atoms with Crippen molar-refractivity contribution in [2.24, 2.45) is 0 Å². The van der Waals surface area contributed by atoms with Gasteiger partial charge in [-0.1, -0.05) is 247 Å². The first-order valence-corrected chi connectivity index (χ1v) is 29.5. The van der Waals surface area contributed by atoms with Crippen LogP contribution in [-0.4, -0.2) is 14.1 Å². The van der Waals surface area contributed by atoms with E-state index in [0.717, 1.165) is 44.2 Å². The van der Waals surface area contributed by atoms with Crippen molar-refractivity contribution in [3.05, 3.63) is 271 Å². The molecular weight excluding hydrogens is 1070 g/mol. The van der Waals surface area contributed by atoms with Crippen LogP contribution in [0, 0.1) is 13.2 Å². The van der Waals surface area contributed by atoms with Gasteiger partial charge in [0.15, 0.2) is 0 Å². The van der Waals surface area contributed by atoms with Crippen molar-refractivity contribution in [2.45, 2.75) is 112 Å². The lowest BCUT2D eigenvalue weighted by Gasteiger charge is -2.27. The molecule has 0 aliphatic heterocycles. The first-order chi connectivity index (χ1) is 49.5. The fraction of sp³-hybridized carbons (Fsp3) is 0.205. The van der Waals surface area contributed by atoms with Crippen molar-refractivity contribution in [3.63, 3.8) is 0 Å². The zero-order chi connectivity index (χ0) is 77.0. The van der Waals surface area contributed by atoms with E-state index < -0.39 is 108 Å². The van der Waals surface area contributed by atoms with E-state index in [0.29, 0.717) is 56.1 Å². The van der Waals surface area contributed by atoms with E-state index in [1.807, 2.05) is 94.1 Å². The summed E-state index contributed by atoms with van der Waals surface area (Å²) >= 11 is 0. The van der Waals surface area contributed by atoms with E-state index >= 15 is 0 Å². The number of hydrogen-bond donors (Lipinski definition) is 0. The number of hydrogen-bond acceptors (Lipinski definition) is 2. The highest BCUT2D eigenvalue weighted by molar-refractivity contribution is 6.09. The fourth-order valence-electron chi connectivity index (χ4n) is 11.4. The lowest BCUT2D eigenvalue weighted by molar-refractivity contribution is -0.571. The van der Waals surface area contributed by atoms with E-state index in [1.54, 1.807) is 22.8 Å². The zero-order valence-corrected chi connectivity index (χ0v) is 51.6. The molecule has 0 amide bonds. The van der Waals surface area contributed by atoms with Gasteiger partial charge in [-0.05, 0) is 167 Å². The Balaban J connectivity index is 1.09. The molecule has 3 aromatic heterocycles. The molecule has 88 heavy (non-hydrogen) atoms. The molecule has 10 aromatic carbocycles. The Morgan fingerprint density at radius 1 is 0.432 bits per heavy atom. The molecule has 0 spiro atoms. The number of nitrogens with zero attached hydrogens (tertiary/aromatic N) is 4. The molecule has 0 saturated carbocycles. The van der Waals surface area contributed by atoms with Gasteiger partial charge in [0.05, 0.1) is 54.0 Å². The van der Waals surface area contributed by atoms with Crippen molar-refractivity contribution in [1.82, 2.24) is 14.1 Å². The topological polar surface area (TPSA) is 35.9 Å². The van der Waals surface area contributed by atoms with E-state index in [9.17, 15) is 8.22 Å². The fourth-order valence-corrected chi connectivity index (χ4v) is 11.4. The Hall–Kier alpha value is -9.58. The quantitative estimate of drug-likeness (QED) is 0.101. The zero-order valence-electron chi connectivity index (χ0n) is 69.6.